The first-order chi connectivity index (χ1) is 13.9. The van der Waals surface area contributed by atoms with Crippen LogP contribution in [0.25, 0.3) is 0 Å². The number of nitrogens with zero attached hydrogens (tertiary/aromatic N) is 1. The molecule has 29 heavy (non-hydrogen) atoms. The maximum Gasteiger partial charge on any atom is 0.410 e. The summed E-state index contributed by atoms with van der Waals surface area (Å²) in [6.07, 6.45) is -7.41. The molecule has 0 unspecified atom stereocenters. The summed E-state index contributed by atoms with van der Waals surface area (Å²) in [5.41, 5.74) is 0.821. The van der Waals surface area contributed by atoms with Crippen molar-refractivity contribution in [1.29, 1.82) is 0 Å². The number of aliphatic hydroxyl groups excluding tert-OH is 4. The summed E-state index contributed by atoms with van der Waals surface area (Å²) in [7, 11) is 0. The van der Waals surface area contributed by atoms with Gasteiger partial charge in [0.25, 0.3) is 0 Å². The minimum absolute atomic E-state index is 0.0815. The first kappa shape index (κ1) is 21.5. The van der Waals surface area contributed by atoms with Crippen LogP contribution in [0.15, 0.2) is 30.3 Å². The van der Waals surface area contributed by atoms with Crippen LogP contribution in [0.5, 0.6) is 0 Å². The summed E-state index contributed by atoms with van der Waals surface area (Å²) < 4.78 is 15.4. The number of hydrogen-bond donors (Lipinski definition) is 4. The molecule has 10 heteroatoms. The Morgan fingerprint density at radius 1 is 1.03 bits per heavy atom. The van der Waals surface area contributed by atoms with E-state index in [2.05, 4.69) is 0 Å². The molecule has 160 valence electrons. The summed E-state index contributed by atoms with van der Waals surface area (Å²) in [6, 6.07) is 8.31. The molecule has 0 spiro atoms. The number of likely N-dealkylation sites (tertiary alicyclic amines) is 1. The van der Waals surface area contributed by atoms with Crippen molar-refractivity contribution in [2.24, 2.45) is 0 Å². The topological polar surface area (TPSA) is 146 Å². The molecule has 0 aliphatic carbocycles. The van der Waals surface area contributed by atoms with E-state index in [-0.39, 0.29) is 6.61 Å². The lowest BCUT2D eigenvalue weighted by atomic mass is 9.99. The molecule has 1 aromatic carbocycles. The van der Waals surface area contributed by atoms with Crippen LogP contribution in [0.4, 0.5) is 4.79 Å². The number of carbonyl (C=O) groups is 2. The Morgan fingerprint density at radius 2 is 1.76 bits per heavy atom. The molecule has 2 saturated heterocycles. The van der Waals surface area contributed by atoms with Crippen molar-refractivity contribution in [2.45, 2.75) is 56.2 Å². The van der Waals surface area contributed by atoms with Crippen LogP contribution < -0.4 is 0 Å². The predicted octanol–water partition coefficient (Wildman–Crippen LogP) is -0.869. The van der Waals surface area contributed by atoms with Gasteiger partial charge in [0, 0.05) is 6.54 Å². The Balaban J connectivity index is 1.51. The summed E-state index contributed by atoms with van der Waals surface area (Å²) in [6.45, 7) is -0.0258. The quantitative estimate of drug-likeness (QED) is 0.454. The zero-order valence-electron chi connectivity index (χ0n) is 15.7. The van der Waals surface area contributed by atoms with Crippen LogP contribution in [0.1, 0.15) is 18.4 Å². The normalized spacial score (nSPS) is 32.1. The highest BCUT2D eigenvalue weighted by Gasteiger charge is 2.44. The van der Waals surface area contributed by atoms with Crippen LogP contribution >= 0.6 is 0 Å². The van der Waals surface area contributed by atoms with Gasteiger partial charge in [0.2, 0.25) is 0 Å². The van der Waals surface area contributed by atoms with Gasteiger partial charge in [-0.25, -0.2) is 9.59 Å². The van der Waals surface area contributed by atoms with Gasteiger partial charge in [-0.2, -0.15) is 0 Å². The third-order valence-electron chi connectivity index (χ3n) is 5.04. The molecule has 2 aliphatic heterocycles. The molecule has 2 heterocycles. The van der Waals surface area contributed by atoms with Crippen LogP contribution in [-0.2, 0) is 25.6 Å². The van der Waals surface area contributed by atoms with Crippen molar-refractivity contribution in [1.82, 2.24) is 4.90 Å². The standard InChI is InChI=1S/C19H25NO9/c21-14-13(29-18(25)16(23)15(14)22)10-27-17(24)12-7-4-8-20(12)19(26)28-9-11-5-2-1-3-6-11/h1-3,5-6,12-16,18,21-23,25H,4,7-10H2/t12-,13-,14+,15+,16+,18-/m1/s1. The number of aliphatic hydroxyl groups is 4. The smallest absolute Gasteiger partial charge is 0.410 e. The molecule has 3 rings (SSSR count). The second-order valence-electron chi connectivity index (χ2n) is 7.06. The molecule has 10 nitrogen and oxygen atoms in total. The number of ether oxygens (including phenoxy) is 3. The minimum Gasteiger partial charge on any atom is -0.461 e. The van der Waals surface area contributed by atoms with Gasteiger partial charge < -0.3 is 34.6 Å². The SMILES string of the molecule is O=C(OC[C@H]1O[C@@H](O)[C@@H](O)[C@@H](O)[C@H]1O)[C@H]1CCCN1C(=O)OCc1ccccc1. The van der Waals surface area contributed by atoms with Crippen molar-refractivity contribution >= 4 is 12.1 Å². The molecule has 0 radical (unpaired) electrons. The van der Waals surface area contributed by atoms with Gasteiger partial charge in [-0.05, 0) is 18.4 Å². The van der Waals surface area contributed by atoms with E-state index in [1.165, 1.54) is 4.90 Å². The average Bonchev–Trinajstić information content (AvgIpc) is 3.23. The van der Waals surface area contributed by atoms with Crippen LogP contribution in [0.2, 0.25) is 0 Å². The van der Waals surface area contributed by atoms with E-state index in [1.54, 1.807) is 0 Å². The van der Waals surface area contributed by atoms with Crippen LogP contribution in [0, 0.1) is 0 Å². The fourth-order valence-electron chi connectivity index (χ4n) is 3.36. The zero-order chi connectivity index (χ0) is 21.0. The van der Waals surface area contributed by atoms with Crippen molar-refractivity contribution in [3.63, 3.8) is 0 Å². The third-order valence-corrected chi connectivity index (χ3v) is 5.04. The highest BCUT2D eigenvalue weighted by Crippen LogP contribution is 2.23. The minimum atomic E-state index is -1.71. The van der Waals surface area contributed by atoms with Crippen LogP contribution in [0.3, 0.4) is 0 Å². The van der Waals surface area contributed by atoms with Crippen molar-refractivity contribution in [3.8, 4) is 0 Å². The molecular formula is C19H25NO9. The van der Waals surface area contributed by atoms with E-state index in [0.29, 0.717) is 19.4 Å². The van der Waals surface area contributed by atoms with Crippen molar-refractivity contribution in [2.75, 3.05) is 13.2 Å². The summed E-state index contributed by atoms with van der Waals surface area (Å²) in [4.78, 5) is 26.1. The van der Waals surface area contributed by atoms with Gasteiger partial charge in [0.15, 0.2) is 6.29 Å². The van der Waals surface area contributed by atoms with Gasteiger partial charge in [-0.1, -0.05) is 30.3 Å². The van der Waals surface area contributed by atoms with Gasteiger partial charge in [0.05, 0.1) is 0 Å². The van der Waals surface area contributed by atoms with Gasteiger partial charge in [-0.3, -0.25) is 4.90 Å². The number of benzene rings is 1. The molecule has 6 atom stereocenters. The second kappa shape index (κ2) is 9.51. The molecule has 2 fully saturated rings. The Labute approximate surface area is 167 Å². The van der Waals surface area contributed by atoms with E-state index in [1.807, 2.05) is 30.3 Å². The first-order valence-electron chi connectivity index (χ1n) is 9.40. The molecule has 0 bridgehead atoms. The molecular weight excluding hydrogens is 386 g/mol. The monoisotopic (exact) mass is 411 g/mol. The average molecular weight is 411 g/mol. The Hall–Kier alpha value is -2.24. The Morgan fingerprint density at radius 3 is 2.48 bits per heavy atom. The van der Waals surface area contributed by atoms with E-state index < -0.39 is 55.4 Å². The molecule has 4 N–H and O–H groups in total. The number of esters is 1. The highest BCUT2D eigenvalue weighted by molar-refractivity contribution is 5.82. The second-order valence-corrected chi connectivity index (χ2v) is 7.06. The highest BCUT2D eigenvalue weighted by atomic mass is 16.7. The maximum absolute atomic E-state index is 12.4. The van der Waals surface area contributed by atoms with Crippen LogP contribution in [-0.4, -0.2) is 87.3 Å². The van der Waals surface area contributed by atoms with E-state index in [4.69, 9.17) is 14.2 Å². The number of rotatable bonds is 5. The molecule has 0 saturated carbocycles. The molecule has 1 aromatic rings. The molecule has 2 aliphatic rings. The lowest BCUT2D eigenvalue weighted by Crippen LogP contribution is -2.58. The van der Waals surface area contributed by atoms with Crippen molar-refractivity contribution in [3.05, 3.63) is 35.9 Å². The predicted molar refractivity (Wildman–Crippen MR) is 96.2 cm³/mol. The van der Waals surface area contributed by atoms with E-state index in [9.17, 15) is 30.0 Å². The van der Waals surface area contributed by atoms with E-state index >= 15 is 0 Å². The lowest BCUT2D eigenvalue weighted by Gasteiger charge is -2.38. The Bertz CT molecular complexity index is 700. The fraction of sp³-hybridized carbons (Fsp3) is 0.579. The zero-order valence-corrected chi connectivity index (χ0v) is 15.7. The van der Waals surface area contributed by atoms with Gasteiger partial charge in [-0.15, -0.1) is 0 Å². The third kappa shape index (κ3) is 5.03. The summed E-state index contributed by atoms with van der Waals surface area (Å²) >= 11 is 0. The van der Waals surface area contributed by atoms with Gasteiger partial charge >= 0.3 is 12.1 Å². The fourth-order valence-corrected chi connectivity index (χ4v) is 3.36. The lowest BCUT2D eigenvalue weighted by molar-refractivity contribution is -0.287. The van der Waals surface area contributed by atoms with E-state index in [0.717, 1.165) is 5.56 Å². The van der Waals surface area contributed by atoms with Crippen molar-refractivity contribution < 1.29 is 44.2 Å². The molecule has 1 amide bonds. The summed E-state index contributed by atoms with van der Waals surface area (Å²) in [5, 5.41) is 38.6. The van der Waals surface area contributed by atoms with Gasteiger partial charge in [0.1, 0.15) is 43.7 Å². The Kier molecular flexibility index (Phi) is 7.04. The summed E-state index contributed by atoms with van der Waals surface area (Å²) in [5.74, 6) is -0.704. The largest absolute Gasteiger partial charge is 0.461 e. The maximum atomic E-state index is 12.4. The first-order valence-corrected chi connectivity index (χ1v) is 9.40. The number of hydrogen-bond acceptors (Lipinski definition) is 9. The number of amides is 1. The molecule has 0 aromatic heterocycles. The number of carbonyl (C=O) groups excluding carboxylic acids is 2.